The molecule has 4 N–H and O–H groups in total. The lowest BCUT2D eigenvalue weighted by molar-refractivity contribution is 0.0763. The minimum atomic E-state index is -0.439. The van der Waals surface area contributed by atoms with Gasteiger partial charge in [0.15, 0.2) is 0 Å². The topological polar surface area (TPSA) is 75.4 Å². The number of hydrogen-bond acceptors (Lipinski definition) is 4. The molecule has 1 aliphatic rings. The number of nitrogens with one attached hydrogen (secondary N) is 1. The maximum atomic E-state index is 12.1. The molecular formula is C12H18N2O2S. The Morgan fingerprint density at radius 1 is 1.47 bits per heavy atom. The van der Waals surface area contributed by atoms with Gasteiger partial charge < -0.3 is 16.2 Å². The van der Waals surface area contributed by atoms with Crippen molar-refractivity contribution in [3.8, 4) is 0 Å². The minimum Gasteiger partial charge on any atom is -0.397 e. The van der Waals surface area contributed by atoms with Crippen LogP contribution in [0.15, 0.2) is 11.4 Å². The molecule has 0 spiro atoms. The van der Waals surface area contributed by atoms with Gasteiger partial charge in [-0.1, -0.05) is 19.3 Å². The maximum absolute atomic E-state index is 12.1. The summed E-state index contributed by atoms with van der Waals surface area (Å²) in [5.41, 5.74) is 5.79. The van der Waals surface area contributed by atoms with Crippen molar-refractivity contribution in [3.63, 3.8) is 0 Å². The standard InChI is InChI=1S/C12H18N2O2S/c13-9-4-7-17-10(9)11(16)14-12(8-15)5-2-1-3-6-12/h4,7,15H,1-3,5-6,8,13H2,(H,14,16). The molecule has 94 valence electrons. The zero-order chi connectivity index (χ0) is 12.3. The van der Waals surface area contributed by atoms with Crippen LogP contribution in [-0.2, 0) is 0 Å². The highest BCUT2D eigenvalue weighted by atomic mass is 32.1. The monoisotopic (exact) mass is 254 g/mol. The third-order valence-electron chi connectivity index (χ3n) is 3.39. The fourth-order valence-corrected chi connectivity index (χ4v) is 3.07. The van der Waals surface area contributed by atoms with Crippen LogP contribution in [0.2, 0.25) is 0 Å². The molecule has 4 nitrogen and oxygen atoms in total. The Hall–Kier alpha value is -1.07. The van der Waals surface area contributed by atoms with Gasteiger partial charge in [0.25, 0.3) is 5.91 Å². The zero-order valence-electron chi connectivity index (χ0n) is 9.74. The summed E-state index contributed by atoms with van der Waals surface area (Å²) in [6, 6.07) is 1.73. The first-order chi connectivity index (χ1) is 8.17. The van der Waals surface area contributed by atoms with E-state index in [9.17, 15) is 9.90 Å². The predicted molar refractivity (Wildman–Crippen MR) is 69.1 cm³/mol. The van der Waals surface area contributed by atoms with Crippen LogP contribution in [-0.4, -0.2) is 23.2 Å². The van der Waals surface area contributed by atoms with Gasteiger partial charge in [0.1, 0.15) is 4.88 Å². The Labute approximate surface area is 105 Å². The van der Waals surface area contributed by atoms with E-state index in [2.05, 4.69) is 5.32 Å². The highest BCUT2D eigenvalue weighted by molar-refractivity contribution is 7.12. The molecule has 1 aromatic heterocycles. The van der Waals surface area contributed by atoms with E-state index in [0.717, 1.165) is 25.7 Å². The van der Waals surface area contributed by atoms with Crippen molar-refractivity contribution in [1.29, 1.82) is 0 Å². The summed E-state index contributed by atoms with van der Waals surface area (Å²) in [5, 5.41) is 14.3. The summed E-state index contributed by atoms with van der Waals surface area (Å²) in [6.45, 7) is 0.00399. The van der Waals surface area contributed by atoms with Crippen molar-refractivity contribution in [2.75, 3.05) is 12.3 Å². The lowest BCUT2D eigenvalue weighted by atomic mass is 9.82. The number of aliphatic hydroxyl groups is 1. The van der Waals surface area contributed by atoms with Crippen LogP contribution in [0.4, 0.5) is 5.69 Å². The number of carbonyl (C=O) groups is 1. The molecule has 0 aliphatic heterocycles. The Morgan fingerprint density at radius 2 is 2.18 bits per heavy atom. The number of carbonyl (C=O) groups excluding carboxylic acids is 1. The normalized spacial score (nSPS) is 18.9. The first kappa shape index (κ1) is 12.4. The van der Waals surface area contributed by atoms with Gasteiger partial charge in [0.05, 0.1) is 17.8 Å². The highest BCUT2D eigenvalue weighted by Crippen LogP contribution is 2.29. The molecule has 1 saturated carbocycles. The number of aliphatic hydroxyl groups excluding tert-OH is 1. The van der Waals surface area contributed by atoms with Gasteiger partial charge in [-0.05, 0) is 24.3 Å². The van der Waals surface area contributed by atoms with E-state index >= 15 is 0 Å². The Morgan fingerprint density at radius 3 is 2.71 bits per heavy atom. The second-order valence-electron chi connectivity index (χ2n) is 4.66. The van der Waals surface area contributed by atoms with Crippen LogP contribution in [0.3, 0.4) is 0 Å². The minimum absolute atomic E-state index is 0.00399. The quantitative estimate of drug-likeness (QED) is 0.769. The van der Waals surface area contributed by atoms with Crippen molar-refractivity contribution in [1.82, 2.24) is 5.32 Å². The summed E-state index contributed by atoms with van der Waals surface area (Å²) >= 11 is 1.34. The van der Waals surface area contributed by atoms with Gasteiger partial charge in [-0.15, -0.1) is 11.3 Å². The smallest absolute Gasteiger partial charge is 0.263 e. The van der Waals surface area contributed by atoms with Crippen molar-refractivity contribution in [2.24, 2.45) is 0 Å². The molecule has 1 amide bonds. The Bertz CT molecular complexity index is 397. The maximum Gasteiger partial charge on any atom is 0.263 e. The lowest BCUT2D eigenvalue weighted by Gasteiger charge is -2.36. The summed E-state index contributed by atoms with van der Waals surface area (Å²) in [5.74, 6) is -0.159. The summed E-state index contributed by atoms with van der Waals surface area (Å²) < 4.78 is 0. The SMILES string of the molecule is Nc1ccsc1C(=O)NC1(CO)CCCCC1. The number of nitrogens with two attached hydrogens (primary N) is 1. The molecule has 1 aliphatic carbocycles. The Balaban J connectivity index is 2.08. The lowest BCUT2D eigenvalue weighted by Crippen LogP contribution is -2.52. The van der Waals surface area contributed by atoms with E-state index in [4.69, 9.17) is 5.73 Å². The number of anilines is 1. The van der Waals surface area contributed by atoms with Crippen molar-refractivity contribution in [2.45, 2.75) is 37.6 Å². The van der Waals surface area contributed by atoms with Gasteiger partial charge >= 0.3 is 0 Å². The highest BCUT2D eigenvalue weighted by Gasteiger charge is 2.33. The van der Waals surface area contributed by atoms with Gasteiger partial charge in [0, 0.05) is 0 Å². The van der Waals surface area contributed by atoms with Crippen LogP contribution in [0.5, 0.6) is 0 Å². The first-order valence-electron chi connectivity index (χ1n) is 5.93. The molecule has 5 heteroatoms. The molecular weight excluding hydrogens is 236 g/mol. The van der Waals surface area contributed by atoms with Gasteiger partial charge in [-0.2, -0.15) is 0 Å². The predicted octanol–water partition coefficient (Wildman–Crippen LogP) is 1.76. The third kappa shape index (κ3) is 2.61. The molecule has 0 unspecified atom stereocenters. The van der Waals surface area contributed by atoms with Gasteiger partial charge in [0.2, 0.25) is 0 Å². The number of nitrogen functional groups attached to an aromatic ring is 1. The fraction of sp³-hybridized carbons (Fsp3) is 0.583. The van der Waals surface area contributed by atoms with Gasteiger partial charge in [-0.25, -0.2) is 0 Å². The second-order valence-corrected chi connectivity index (χ2v) is 5.57. The average Bonchev–Trinajstić information content (AvgIpc) is 2.77. The molecule has 1 aromatic rings. The van der Waals surface area contributed by atoms with Crippen LogP contribution >= 0.6 is 11.3 Å². The van der Waals surface area contributed by atoms with E-state index < -0.39 is 5.54 Å². The second kappa shape index (κ2) is 5.06. The number of rotatable bonds is 3. The molecule has 0 atom stereocenters. The van der Waals surface area contributed by atoms with E-state index in [0.29, 0.717) is 10.6 Å². The van der Waals surface area contributed by atoms with E-state index in [1.54, 1.807) is 11.4 Å². The summed E-state index contributed by atoms with van der Waals surface area (Å²) in [7, 11) is 0. The van der Waals surface area contributed by atoms with Crippen molar-refractivity contribution < 1.29 is 9.90 Å². The number of thiophene rings is 1. The summed E-state index contributed by atoms with van der Waals surface area (Å²) in [4.78, 5) is 12.6. The van der Waals surface area contributed by atoms with Crippen LogP contribution in [0.1, 0.15) is 41.8 Å². The molecule has 0 aromatic carbocycles. The fourth-order valence-electron chi connectivity index (χ4n) is 2.35. The molecule has 2 rings (SSSR count). The van der Waals surface area contributed by atoms with Gasteiger partial charge in [-0.3, -0.25) is 4.79 Å². The molecule has 0 radical (unpaired) electrons. The van der Waals surface area contributed by atoms with Crippen molar-refractivity contribution in [3.05, 3.63) is 16.3 Å². The molecule has 0 bridgehead atoms. The number of amides is 1. The van der Waals surface area contributed by atoms with E-state index in [1.807, 2.05) is 0 Å². The van der Waals surface area contributed by atoms with Crippen LogP contribution < -0.4 is 11.1 Å². The van der Waals surface area contributed by atoms with Crippen molar-refractivity contribution >= 4 is 22.9 Å². The number of hydrogen-bond donors (Lipinski definition) is 3. The van der Waals surface area contributed by atoms with E-state index in [1.165, 1.54) is 17.8 Å². The largest absolute Gasteiger partial charge is 0.397 e. The first-order valence-corrected chi connectivity index (χ1v) is 6.81. The third-order valence-corrected chi connectivity index (χ3v) is 4.32. The van der Waals surface area contributed by atoms with Crippen LogP contribution in [0.25, 0.3) is 0 Å². The molecule has 17 heavy (non-hydrogen) atoms. The summed E-state index contributed by atoms with van der Waals surface area (Å²) in [6.07, 6.45) is 4.99. The van der Waals surface area contributed by atoms with E-state index in [-0.39, 0.29) is 12.5 Å². The van der Waals surface area contributed by atoms with Crippen LogP contribution in [0, 0.1) is 0 Å². The average molecular weight is 254 g/mol. The molecule has 0 saturated heterocycles. The Kier molecular flexibility index (Phi) is 3.69. The zero-order valence-corrected chi connectivity index (χ0v) is 10.6. The molecule has 1 fully saturated rings. The molecule has 1 heterocycles.